The zero-order chi connectivity index (χ0) is 23.6. The molecule has 0 spiro atoms. The molecule has 2 fully saturated rings. The monoisotopic (exact) mass is 570 g/mol. The molecular weight excluding hydrogens is 535 g/mol. The van der Waals surface area contributed by atoms with Gasteiger partial charge in [-0.05, 0) is 94.7 Å². The number of hydrogen-bond donors (Lipinski definition) is 0. The average Bonchev–Trinajstić information content (AvgIpc) is 3.12. The Kier molecular flexibility index (Phi) is 7.38. The zero-order valence-corrected chi connectivity index (χ0v) is 22.3. The van der Waals surface area contributed by atoms with Crippen LogP contribution >= 0.6 is 22.6 Å². The van der Waals surface area contributed by atoms with Gasteiger partial charge in [-0.15, -0.1) is 5.10 Å². The van der Waals surface area contributed by atoms with E-state index < -0.39 is 5.60 Å². The van der Waals surface area contributed by atoms with Crippen LogP contribution in [-0.4, -0.2) is 51.7 Å². The summed E-state index contributed by atoms with van der Waals surface area (Å²) >= 11 is 2.21. The van der Waals surface area contributed by atoms with Crippen molar-refractivity contribution in [3.8, 4) is 5.88 Å². The van der Waals surface area contributed by atoms with Crippen molar-refractivity contribution >= 4 is 40.0 Å². The molecule has 1 amide bonds. The molecule has 0 atom stereocenters. The number of anilines is 1. The quantitative estimate of drug-likeness (QED) is 0.436. The number of rotatable bonds is 5. The van der Waals surface area contributed by atoms with Crippen molar-refractivity contribution in [3.63, 3.8) is 0 Å². The number of carbonyl (C=O) groups is 1. The van der Waals surface area contributed by atoms with E-state index in [9.17, 15) is 4.79 Å². The van der Waals surface area contributed by atoms with Crippen molar-refractivity contribution in [2.75, 3.05) is 24.7 Å². The van der Waals surface area contributed by atoms with Crippen LogP contribution in [0.2, 0.25) is 0 Å². The molecule has 1 saturated carbocycles. The van der Waals surface area contributed by atoms with E-state index in [2.05, 4.69) is 34.5 Å². The van der Waals surface area contributed by atoms with Crippen molar-refractivity contribution in [3.05, 3.63) is 16.0 Å². The van der Waals surface area contributed by atoms with E-state index in [1.165, 1.54) is 6.42 Å². The first-order chi connectivity index (χ1) is 15.6. The second-order valence-corrected chi connectivity index (χ2v) is 11.5. The molecule has 0 radical (unpaired) electrons. The topological polar surface area (TPSA) is 78.2 Å². The summed E-state index contributed by atoms with van der Waals surface area (Å²) in [5, 5.41) is 4.72. The van der Waals surface area contributed by atoms with Gasteiger partial charge in [-0.2, -0.15) is 0 Å². The molecule has 2 aliphatic rings. The Morgan fingerprint density at radius 1 is 1.27 bits per heavy atom. The summed E-state index contributed by atoms with van der Waals surface area (Å²) in [6.45, 7) is 9.78. The molecule has 0 bridgehead atoms. The van der Waals surface area contributed by atoms with E-state index in [1.807, 2.05) is 26.8 Å². The Labute approximate surface area is 209 Å². The van der Waals surface area contributed by atoms with E-state index in [0.29, 0.717) is 42.9 Å². The zero-order valence-electron chi connectivity index (χ0n) is 20.1. The molecule has 33 heavy (non-hydrogen) atoms. The first-order valence-corrected chi connectivity index (χ1v) is 13.0. The van der Waals surface area contributed by atoms with Crippen LogP contribution < -0.4 is 9.64 Å². The molecule has 3 heterocycles. The Bertz CT molecular complexity index is 975. The minimum absolute atomic E-state index is 0.250. The predicted molar refractivity (Wildman–Crippen MR) is 135 cm³/mol. The minimum atomic E-state index is -0.604. The lowest BCUT2D eigenvalue weighted by Crippen LogP contribution is -2.41. The van der Waals surface area contributed by atoms with Gasteiger partial charge in [-0.1, -0.05) is 6.42 Å². The summed E-state index contributed by atoms with van der Waals surface area (Å²) in [5.41, 5.74) is 0.439. The number of aromatic nitrogens is 3. The normalized spacial score (nSPS) is 19.4. The van der Waals surface area contributed by atoms with E-state index in [4.69, 9.17) is 19.3 Å². The van der Waals surface area contributed by atoms with E-state index >= 15 is 0 Å². The maximum absolute atomic E-state index is 13.4. The third-order valence-electron chi connectivity index (χ3n) is 6.33. The molecule has 8 nitrogen and oxygen atoms in total. The van der Waals surface area contributed by atoms with Gasteiger partial charge in [0, 0.05) is 25.8 Å². The lowest BCUT2D eigenvalue weighted by atomic mass is 9.86. The SMILES string of the molecule is CC(C)(C)OC(=O)N(CC1CCOCC1)c1cc(OC2(C)CCCCC2)nn2c(I)cnc12. The molecule has 1 aliphatic heterocycles. The van der Waals surface area contributed by atoms with E-state index in [-0.39, 0.29) is 11.7 Å². The van der Waals surface area contributed by atoms with Crippen LogP contribution in [0.5, 0.6) is 5.88 Å². The van der Waals surface area contributed by atoms with Gasteiger partial charge < -0.3 is 14.2 Å². The number of fused-ring (bicyclic) bond motifs is 1. The Hall–Kier alpha value is -1.62. The first-order valence-electron chi connectivity index (χ1n) is 12.0. The molecule has 0 unspecified atom stereocenters. The van der Waals surface area contributed by atoms with Crippen molar-refractivity contribution in [2.24, 2.45) is 5.92 Å². The van der Waals surface area contributed by atoms with Gasteiger partial charge in [0.1, 0.15) is 14.9 Å². The number of ether oxygens (including phenoxy) is 3. The molecule has 182 valence electrons. The number of amides is 1. The number of imidazole rings is 1. The molecule has 1 aliphatic carbocycles. The highest BCUT2D eigenvalue weighted by Crippen LogP contribution is 2.35. The molecule has 1 saturated heterocycles. The fourth-order valence-electron chi connectivity index (χ4n) is 4.58. The van der Waals surface area contributed by atoms with Crippen LogP contribution in [0.4, 0.5) is 10.5 Å². The Morgan fingerprint density at radius 2 is 1.97 bits per heavy atom. The van der Waals surface area contributed by atoms with E-state index in [1.54, 1.807) is 15.6 Å². The lowest BCUT2D eigenvalue weighted by molar-refractivity contribution is 0.0428. The fraction of sp³-hybridized carbons (Fsp3) is 0.708. The van der Waals surface area contributed by atoms with Gasteiger partial charge >= 0.3 is 6.09 Å². The van der Waals surface area contributed by atoms with Crippen molar-refractivity contribution in [2.45, 2.75) is 83.8 Å². The molecule has 4 rings (SSSR count). The third kappa shape index (κ3) is 6.09. The Balaban J connectivity index is 1.73. The summed E-state index contributed by atoms with van der Waals surface area (Å²) in [4.78, 5) is 19.7. The smallest absolute Gasteiger partial charge is 0.414 e. The predicted octanol–water partition coefficient (Wildman–Crippen LogP) is 5.60. The standard InChI is InChI=1S/C24H35IN4O4/c1-23(2,3)33-22(30)28(16-17-8-12-31-13-9-17)18-14-20(27-29-19(25)15-26-21(18)29)32-24(4)10-6-5-7-11-24/h14-15,17H,5-13,16H2,1-4H3. The minimum Gasteiger partial charge on any atom is -0.470 e. The van der Waals surface area contributed by atoms with Crippen molar-refractivity contribution in [1.29, 1.82) is 0 Å². The number of halogens is 1. The summed E-state index contributed by atoms with van der Waals surface area (Å²) in [5.74, 6) is 0.840. The number of nitrogens with zero attached hydrogens (tertiary/aromatic N) is 4. The molecule has 9 heteroatoms. The van der Waals surface area contributed by atoms with Gasteiger partial charge in [0.2, 0.25) is 5.88 Å². The number of hydrogen-bond acceptors (Lipinski definition) is 6. The highest BCUT2D eigenvalue weighted by molar-refractivity contribution is 14.1. The van der Waals surface area contributed by atoms with Gasteiger partial charge in [-0.3, -0.25) is 4.90 Å². The highest BCUT2D eigenvalue weighted by Gasteiger charge is 2.32. The van der Waals surface area contributed by atoms with Crippen molar-refractivity contribution < 1.29 is 19.0 Å². The molecule has 0 N–H and O–H groups in total. The summed E-state index contributed by atoms with van der Waals surface area (Å²) in [6, 6.07) is 1.86. The van der Waals surface area contributed by atoms with Crippen LogP contribution in [0.3, 0.4) is 0 Å². The maximum Gasteiger partial charge on any atom is 0.414 e. The second kappa shape index (κ2) is 9.93. The molecule has 2 aromatic heterocycles. The van der Waals surface area contributed by atoms with E-state index in [0.717, 1.165) is 42.2 Å². The highest BCUT2D eigenvalue weighted by atomic mass is 127. The molecular formula is C24H35IN4O4. The number of carbonyl (C=O) groups excluding carboxylic acids is 1. The van der Waals surface area contributed by atoms with Crippen LogP contribution in [0.25, 0.3) is 5.65 Å². The van der Waals surface area contributed by atoms with Gasteiger partial charge in [0.05, 0.1) is 11.9 Å². The van der Waals surface area contributed by atoms with Crippen LogP contribution in [0.1, 0.15) is 72.6 Å². The summed E-state index contributed by atoms with van der Waals surface area (Å²) in [7, 11) is 0. The molecule has 0 aromatic carbocycles. The maximum atomic E-state index is 13.4. The summed E-state index contributed by atoms with van der Waals surface area (Å²) in [6.07, 6.45) is 8.76. The first kappa shape index (κ1) is 24.5. The molecule has 2 aromatic rings. The lowest BCUT2D eigenvalue weighted by Gasteiger charge is -2.34. The fourth-order valence-corrected chi connectivity index (χ4v) is 5.06. The average molecular weight is 570 g/mol. The van der Waals surface area contributed by atoms with Crippen molar-refractivity contribution in [1.82, 2.24) is 14.6 Å². The Morgan fingerprint density at radius 3 is 2.64 bits per heavy atom. The summed E-state index contributed by atoms with van der Waals surface area (Å²) < 4.78 is 20.4. The third-order valence-corrected chi connectivity index (χ3v) is 7.07. The largest absolute Gasteiger partial charge is 0.470 e. The van der Waals surface area contributed by atoms with Crippen LogP contribution in [0, 0.1) is 9.62 Å². The van der Waals surface area contributed by atoms with Gasteiger partial charge in [0.15, 0.2) is 5.65 Å². The van der Waals surface area contributed by atoms with Crippen LogP contribution in [0.15, 0.2) is 12.3 Å². The second-order valence-electron chi connectivity index (χ2n) is 10.4. The van der Waals surface area contributed by atoms with Gasteiger partial charge in [-0.25, -0.2) is 14.3 Å². The van der Waals surface area contributed by atoms with Crippen LogP contribution in [-0.2, 0) is 9.47 Å². The van der Waals surface area contributed by atoms with Gasteiger partial charge in [0.25, 0.3) is 0 Å².